The lowest BCUT2D eigenvalue weighted by atomic mass is 10.2. The molecule has 0 saturated heterocycles. The molecule has 3 N–H and O–H groups in total. The Bertz CT molecular complexity index is 1060. The van der Waals surface area contributed by atoms with Crippen molar-refractivity contribution in [1.82, 2.24) is 19.9 Å². The molecule has 0 radical (unpaired) electrons. The highest BCUT2D eigenvalue weighted by atomic mass is 15.2. The van der Waals surface area contributed by atoms with Gasteiger partial charge in [0.15, 0.2) is 0 Å². The topological polar surface area (TPSA) is 119 Å². The number of hydrogen-bond donors (Lipinski definition) is 2. The van der Waals surface area contributed by atoms with Gasteiger partial charge in [-0.05, 0) is 43.7 Å². The van der Waals surface area contributed by atoms with Gasteiger partial charge < -0.3 is 15.6 Å². The standard InChI is InChI=1S/C11H13N3.C8H5N3.C3H8N2.2C2H6/c1-2-11-8-14(9-13-11)7-10-4-3-5-12-6-10;9-4-6-1-2-7-8(3-6)11-5-10-7;1-3(4)5-2;2*1-2/h2-6,9H,7-8H2,1H3;1-3,5H,(H,10,11);1-2H3,(H2,4,5);2*1-2H3/b11-2+;;;;. The smallest absolute Gasteiger partial charge is 0.0992 e. The number of nitrogens with two attached hydrogens (primary N) is 1. The fraction of sp³-hybridized carbons (Fsp3) is 0.346. The van der Waals surface area contributed by atoms with Crippen LogP contribution < -0.4 is 5.73 Å². The number of hydrogen-bond acceptors (Lipinski definition) is 6. The second-order valence-electron chi connectivity index (χ2n) is 6.40. The van der Waals surface area contributed by atoms with Crippen LogP contribution in [-0.4, -0.2) is 45.6 Å². The number of fused-ring (bicyclic) bond motifs is 1. The van der Waals surface area contributed by atoms with Crippen LogP contribution in [0.15, 0.2) is 70.8 Å². The number of nitriles is 1. The van der Waals surface area contributed by atoms with Crippen molar-refractivity contribution in [3.63, 3.8) is 0 Å². The summed E-state index contributed by atoms with van der Waals surface area (Å²) in [6.45, 7) is 13.6. The third-order valence-corrected chi connectivity index (χ3v) is 4.10. The molecule has 0 atom stereocenters. The number of aliphatic imine (C=N–C) groups is 2. The molecule has 3 aromatic rings. The summed E-state index contributed by atoms with van der Waals surface area (Å²) < 4.78 is 0. The van der Waals surface area contributed by atoms with Gasteiger partial charge in [-0.1, -0.05) is 39.8 Å². The maximum atomic E-state index is 8.55. The summed E-state index contributed by atoms with van der Waals surface area (Å²) in [6.07, 6.45) is 9.23. The van der Waals surface area contributed by atoms with Gasteiger partial charge in [0.2, 0.25) is 0 Å². The van der Waals surface area contributed by atoms with E-state index in [1.807, 2.05) is 65.4 Å². The van der Waals surface area contributed by atoms with Crippen LogP contribution in [0.1, 0.15) is 52.7 Å². The Kier molecular flexibility index (Phi) is 16.4. The number of pyridine rings is 1. The average molecular weight is 463 g/mol. The molecule has 0 unspecified atom stereocenters. The Balaban J connectivity index is 0.000000486. The molecule has 0 saturated carbocycles. The number of allylic oxidation sites excluding steroid dienone is 1. The van der Waals surface area contributed by atoms with Gasteiger partial charge in [0.05, 0.1) is 53.4 Å². The Morgan fingerprint density at radius 3 is 2.50 bits per heavy atom. The fourth-order valence-electron chi connectivity index (χ4n) is 2.44. The molecule has 182 valence electrons. The Morgan fingerprint density at radius 1 is 1.26 bits per heavy atom. The Hall–Kier alpha value is -3.99. The molecule has 1 aliphatic heterocycles. The van der Waals surface area contributed by atoms with Gasteiger partial charge in [-0.2, -0.15) is 5.26 Å². The van der Waals surface area contributed by atoms with Gasteiger partial charge in [-0.25, -0.2) is 9.98 Å². The van der Waals surface area contributed by atoms with Crippen LogP contribution in [0, 0.1) is 11.3 Å². The van der Waals surface area contributed by atoms with Gasteiger partial charge >= 0.3 is 0 Å². The highest BCUT2D eigenvalue weighted by molar-refractivity contribution is 5.77. The number of rotatable bonds is 2. The van der Waals surface area contributed by atoms with Gasteiger partial charge in [-0.15, -0.1) is 0 Å². The summed E-state index contributed by atoms with van der Waals surface area (Å²) in [5.41, 5.74) is 9.85. The molecular weight excluding hydrogens is 424 g/mol. The Labute approximate surface area is 204 Å². The zero-order valence-corrected chi connectivity index (χ0v) is 21.4. The molecule has 1 aromatic carbocycles. The van der Waals surface area contributed by atoms with E-state index >= 15 is 0 Å². The number of benzene rings is 1. The lowest BCUT2D eigenvalue weighted by Gasteiger charge is -2.12. The highest BCUT2D eigenvalue weighted by Crippen LogP contribution is 2.11. The van der Waals surface area contributed by atoms with Crippen LogP contribution in [0.2, 0.25) is 0 Å². The second-order valence-corrected chi connectivity index (χ2v) is 6.40. The third kappa shape index (κ3) is 11.6. The number of amidine groups is 1. The maximum absolute atomic E-state index is 8.55. The highest BCUT2D eigenvalue weighted by Gasteiger charge is 2.09. The second kappa shape index (κ2) is 18.6. The van der Waals surface area contributed by atoms with Crippen LogP contribution in [-0.2, 0) is 6.54 Å². The minimum atomic E-state index is 0.630. The molecule has 0 fully saturated rings. The fourth-order valence-corrected chi connectivity index (χ4v) is 2.44. The van der Waals surface area contributed by atoms with E-state index in [-0.39, 0.29) is 0 Å². The van der Waals surface area contributed by atoms with Crippen molar-refractivity contribution in [2.45, 2.75) is 48.1 Å². The number of H-pyrrole nitrogens is 1. The largest absolute Gasteiger partial charge is 0.388 e. The molecule has 0 bridgehead atoms. The van der Waals surface area contributed by atoms with Gasteiger partial charge in [0, 0.05) is 26.0 Å². The van der Waals surface area contributed by atoms with Crippen LogP contribution in [0.25, 0.3) is 11.0 Å². The van der Waals surface area contributed by atoms with E-state index in [2.05, 4.69) is 42.0 Å². The van der Waals surface area contributed by atoms with Crippen molar-refractivity contribution in [2.75, 3.05) is 13.6 Å². The van der Waals surface area contributed by atoms with Crippen LogP contribution in [0.5, 0.6) is 0 Å². The predicted molar refractivity (Wildman–Crippen MR) is 144 cm³/mol. The SMILES string of the molecule is C/C=C1\CN(Cc2cccnc2)C=N1.CC.CC.CN=C(C)N.N#Cc1ccc2nc[nH]c2c1. The first kappa shape index (κ1) is 30.0. The van der Waals surface area contributed by atoms with Crippen LogP contribution in [0.4, 0.5) is 0 Å². The molecule has 0 spiro atoms. The first-order valence-corrected chi connectivity index (χ1v) is 11.4. The summed E-state index contributed by atoms with van der Waals surface area (Å²) in [5, 5.41) is 8.55. The van der Waals surface area contributed by atoms with Crippen molar-refractivity contribution in [2.24, 2.45) is 15.7 Å². The van der Waals surface area contributed by atoms with Crippen LogP contribution in [0.3, 0.4) is 0 Å². The molecule has 3 heterocycles. The average Bonchev–Trinajstić information content (AvgIpc) is 3.56. The van der Waals surface area contributed by atoms with Crippen molar-refractivity contribution in [1.29, 1.82) is 5.26 Å². The third-order valence-electron chi connectivity index (χ3n) is 4.10. The van der Waals surface area contributed by atoms with Gasteiger partial charge in [-0.3, -0.25) is 9.98 Å². The van der Waals surface area contributed by atoms with Crippen molar-refractivity contribution in [3.05, 3.63) is 72.0 Å². The molecule has 4 rings (SSSR count). The number of aromatic nitrogens is 3. The molecule has 1 aliphatic rings. The zero-order valence-electron chi connectivity index (χ0n) is 21.4. The Morgan fingerprint density at radius 2 is 1.97 bits per heavy atom. The molecule has 0 amide bonds. The molecular formula is C26H38N8. The first-order valence-electron chi connectivity index (χ1n) is 11.4. The van der Waals surface area contributed by atoms with Crippen molar-refractivity contribution < 1.29 is 0 Å². The van der Waals surface area contributed by atoms with E-state index in [0.717, 1.165) is 29.8 Å². The molecule has 8 heteroatoms. The van der Waals surface area contributed by atoms with Gasteiger partial charge in [0.1, 0.15) is 0 Å². The van der Waals surface area contributed by atoms with Crippen LogP contribution >= 0.6 is 0 Å². The maximum Gasteiger partial charge on any atom is 0.0992 e. The normalized spacial score (nSPS) is 12.7. The number of nitrogens with one attached hydrogen (secondary N) is 1. The van der Waals surface area contributed by atoms with E-state index < -0.39 is 0 Å². The minimum Gasteiger partial charge on any atom is -0.388 e. The summed E-state index contributed by atoms with van der Waals surface area (Å²) in [5.74, 6) is 0.630. The molecule has 0 aliphatic carbocycles. The van der Waals surface area contributed by atoms with Crippen molar-refractivity contribution in [3.8, 4) is 6.07 Å². The van der Waals surface area contributed by atoms with Crippen molar-refractivity contribution >= 4 is 23.2 Å². The summed E-state index contributed by atoms with van der Waals surface area (Å²) in [6, 6.07) is 11.5. The number of nitrogens with zero attached hydrogens (tertiary/aromatic N) is 6. The number of imidazole rings is 1. The van der Waals surface area contributed by atoms with E-state index in [4.69, 9.17) is 11.0 Å². The van der Waals surface area contributed by atoms with E-state index in [9.17, 15) is 0 Å². The number of aromatic amines is 1. The molecule has 34 heavy (non-hydrogen) atoms. The predicted octanol–water partition coefficient (Wildman–Crippen LogP) is 5.31. The van der Waals surface area contributed by atoms with E-state index in [0.29, 0.717) is 11.4 Å². The quantitative estimate of drug-likeness (QED) is 0.395. The summed E-state index contributed by atoms with van der Waals surface area (Å²) in [7, 11) is 1.66. The molecule has 8 nitrogen and oxygen atoms in total. The lowest BCUT2D eigenvalue weighted by molar-refractivity contribution is 0.478. The van der Waals surface area contributed by atoms with E-state index in [1.54, 1.807) is 38.6 Å². The lowest BCUT2D eigenvalue weighted by Crippen LogP contribution is -2.18. The molecule has 2 aromatic heterocycles. The zero-order chi connectivity index (χ0) is 25.8. The monoisotopic (exact) mass is 462 g/mol. The van der Waals surface area contributed by atoms with E-state index in [1.165, 1.54) is 5.56 Å². The summed E-state index contributed by atoms with van der Waals surface area (Å²) >= 11 is 0. The first-order chi connectivity index (χ1) is 16.5. The minimum absolute atomic E-state index is 0.630. The summed E-state index contributed by atoms with van der Waals surface area (Å²) in [4.78, 5) is 21.1. The van der Waals surface area contributed by atoms with Gasteiger partial charge in [0.25, 0.3) is 0 Å².